The molecular weight excluding hydrogens is 369 g/mol. The van der Waals surface area contributed by atoms with Gasteiger partial charge in [-0.3, -0.25) is 4.79 Å². The lowest BCUT2D eigenvalue weighted by Crippen LogP contribution is -2.47. The molecule has 29 heavy (non-hydrogen) atoms. The zero-order valence-corrected chi connectivity index (χ0v) is 17.3. The normalized spacial score (nSPS) is 22.6. The van der Waals surface area contributed by atoms with Crippen LogP contribution in [0.2, 0.25) is 0 Å². The number of anilines is 1. The van der Waals surface area contributed by atoms with Crippen LogP contribution in [0.15, 0.2) is 24.3 Å². The summed E-state index contributed by atoms with van der Waals surface area (Å²) in [4.78, 5) is 26.4. The van der Waals surface area contributed by atoms with Crippen LogP contribution < -0.4 is 15.5 Å². The van der Waals surface area contributed by atoms with Gasteiger partial charge < -0.3 is 15.5 Å². The molecular formula is C23H34FN3O2. The summed E-state index contributed by atoms with van der Waals surface area (Å²) >= 11 is 0. The minimum atomic E-state index is -0.369. The minimum absolute atomic E-state index is 0.0908. The standard InChI is InChI=1S/C23H34FN3O2/c24-18-11-10-14-21(15-18)27-17-20(16-22(27)28)26-23(29)25-19-12-8-6-4-2-1-3-5-7-9-13-19/h10-11,14-15,19-20H,1-9,12-13,16-17H2,(H2,25,26,29). The van der Waals surface area contributed by atoms with Crippen LogP contribution >= 0.6 is 0 Å². The molecule has 5 nitrogen and oxygen atoms in total. The lowest BCUT2D eigenvalue weighted by Gasteiger charge is -2.22. The number of carbonyl (C=O) groups is 2. The molecule has 1 aliphatic carbocycles. The van der Waals surface area contributed by atoms with Gasteiger partial charge in [0.15, 0.2) is 0 Å². The van der Waals surface area contributed by atoms with Crippen LogP contribution in [0, 0.1) is 5.82 Å². The quantitative estimate of drug-likeness (QED) is 0.754. The van der Waals surface area contributed by atoms with Crippen molar-refractivity contribution in [2.75, 3.05) is 11.4 Å². The highest BCUT2D eigenvalue weighted by Crippen LogP contribution is 2.22. The molecule has 2 fully saturated rings. The van der Waals surface area contributed by atoms with E-state index in [9.17, 15) is 14.0 Å². The van der Waals surface area contributed by atoms with Gasteiger partial charge in [-0.05, 0) is 31.0 Å². The minimum Gasteiger partial charge on any atom is -0.335 e. The van der Waals surface area contributed by atoms with Crippen molar-refractivity contribution >= 4 is 17.6 Å². The van der Waals surface area contributed by atoms with Crippen molar-refractivity contribution in [3.05, 3.63) is 30.1 Å². The largest absolute Gasteiger partial charge is 0.335 e. The molecule has 0 aromatic heterocycles. The van der Waals surface area contributed by atoms with Gasteiger partial charge in [-0.15, -0.1) is 0 Å². The van der Waals surface area contributed by atoms with Crippen molar-refractivity contribution < 1.29 is 14.0 Å². The van der Waals surface area contributed by atoms with Crippen molar-refractivity contribution in [2.45, 2.75) is 89.1 Å². The molecule has 2 aliphatic rings. The number of amides is 3. The average molecular weight is 404 g/mol. The molecule has 1 aromatic carbocycles. The number of carbonyl (C=O) groups excluding carboxylic acids is 2. The van der Waals surface area contributed by atoms with Crippen molar-refractivity contribution in [1.29, 1.82) is 0 Å². The van der Waals surface area contributed by atoms with Crippen LogP contribution in [0.3, 0.4) is 0 Å². The monoisotopic (exact) mass is 403 g/mol. The van der Waals surface area contributed by atoms with E-state index in [0.29, 0.717) is 12.2 Å². The number of hydrogen-bond donors (Lipinski definition) is 2. The third kappa shape index (κ3) is 7.02. The molecule has 1 saturated heterocycles. The molecule has 3 amide bonds. The summed E-state index contributed by atoms with van der Waals surface area (Å²) in [7, 11) is 0. The van der Waals surface area contributed by atoms with Gasteiger partial charge in [-0.1, -0.05) is 63.9 Å². The van der Waals surface area contributed by atoms with E-state index in [1.807, 2.05) is 0 Å². The molecule has 0 spiro atoms. The predicted octanol–water partition coefficient (Wildman–Crippen LogP) is 4.90. The molecule has 1 aromatic rings. The second-order valence-corrected chi connectivity index (χ2v) is 8.46. The maximum Gasteiger partial charge on any atom is 0.315 e. The lowest BCUT2D eigenvalue weighted by molar-refractivity contribution is -0.117. The number of benzene rings is 1. The number of rotatable bonds is 3. The van der Waals surface area contributed by atoms with E-state index in [0.717, 1.165) is 25.7 Å². The Labute approximate surface area is 173 Å². The first-order valence-electron chi connectivity index (χ1n) is 11.2. The molecule has 1 atom stereocenters. The lowest BCUT2D eigenvalue weighted by atomic mass is 9.98. The second kappa shape index (κ2) is 11.2. The Hall–Kier alpha value is -2.11. The Morgan fingerprint density at radius 1 is 0.897 bits per heavy atom. The SMILES string of the molecule is O=C(NC1CCCCCCCCCCC1)NC1CC(=O)N(c2cccc(F)c2)C1. The van der Waals surface area contributed by atoms with E-state index in [2.05, 4.69) is 10.6 Å². The average Bonchev–Trinajstić information content (AvgIpc) is 3.04. The third-order valence-corrected chi connectivity index (χ3v) is 6.02. The zero-order valence-electron chi connectivity index (χ0n) is 17.3. The Bertz CT molecular complexity index is 670. The Kier molecular flexibility index (Phi) is 8.32. The Morgan fingerprint density at radius 2 is 1.48 bits per heavy atom. The van der Waals surface area contributed by atoms with E-state index in [-0.39, 0.29) is 36.3 Å². The fourth-order valence-electron chi connectivity index (χ4n) is 4.42. The summed E-state index contributed by atoms with van der Waals surface area (Å²) in [5.74, 6) is -0.459. The molecule has 3 rings (SSSR count). The van der Waals surface area contributed by atoms with Crippen molar-refractivity contribution in [3.8, 4) is 0 Å². The maximum atomic E-state index is 13.5. The molecule has 1 saturated carbocycles. The summed E-state index contributed by atoms with van der Waals surface area (Å²) in [5.41, 5.74) is 0.541. The summed E-state index contributed by atoms with van der Waals surface area (Å²) in [5, 5.41) is 6.09. The van der Waals surface area contributed by atoms with Crippen LogP contribution in [0.1, 0.15) is 77.0 Å². The first-order chi connectivity index (χ1) is 14.1. The highest BCUT2D eigenvalue weighted by Gasteiger charge is 2.32. The van der Waals surface area contributed by atoms with E-state index in [1.54, 1.807) is 17.0 Å². The topological polar surface area (TPSA) is 61.4 Å². The van der Waals surface area contributed by atoms with Gasteiger partial charge in [-0.2, -0.15) is 0 Å². The van der Waals surface area contributed by atoms with Gasteiger partial charge in [0.25, 0.3) is 0 Å². The predicted molar refractivity (Wildman–Crippen MR) is 113 cm³/mol. The molecule has 6 heteroatoms. The highest BCUT2D eigenvalue weighted by molar-refractivity contribution is 5.96. The van der Waals surface area contributed by atoms with E-state index in [1.165, 1.54) is 57.1 Å². The molecule has 1 unspecified atom stereocenters. The van der Waals surface area contributed by atoms with Crippen molar-refractivity contribution in [3.63, 3.8) is 0 Å². The maximum absolute atomic E-state index is 13.5. The summed E-state index contributed by atoms with van der Waals surface area (Å²) in [6.45, 7) is 0.375. The molecule has 0 radical (unpaired) electrons. The zero-order chi connectivity index (χ0) is 20.5. The molecule has 0 bridgehead atoms. The van der Waals surface area contributed by atoms with Crippen LogP contribution in [0.4, 0.5) is 14.9 Å². The summed E-state index contributed by atoms with van der Waals surface area (Å²) in [6.07, 6.45) is 13.7. The van der Waals surface area contributed by atoms with Gasteiger partial charge in [0.2, 0.25) is 5.91 Å². The smallest absolute Gasteiger partial charge is 0.315 e. The summed E-state index contributed by atoms with van der Waals surface area (Å²) in [6, 6.07) is 5.77. The molecule has 160 valence electrons. The van der Waals surface area contributed by atoms with Crippen molar-refractivity contribution in [2.24, 2.45) is 0 Å². The van der Waals surface area contributed by atoms with Crippen LogP contribution in [0.5, 0.6) is 0 Å². The van der Waals surface area contributed by atoms with E-state index in [4.69, 9.17) is 0 Å². The molecule has 2 N–H and O–H groups in total. The van der Waals surface area contributed by atoms with Gasteiger partial charge in [0, 0.05) is 24.7 Å². The van der Waals surface area contributed by atoms with Crippen LogP contribution in [-0.4, -0.2) is 30.6 Å². The van der Waals surface area contributed by atoms with Gasteiger partial charge in [0.1, 0.15) is 5.82 Å². The number of hydrogen-bond acceptors (Lipinski definition) is 2. The van der Waals surface area contributed by atoms with Gasteiger partial charge in [0.05, 0.1) is 6.04 Å². The summed E-state index contributed by atoms with van der Waals surface area (Å²) < 4.78 is 13.5. The third-order valence-electron chi connectivity index (χ3n) is 6.02. The van der Waals surface area contributed by atoms with Crippen LogP contribution in [0.25, 0.3) is 0 Å². The van der Waals surface area contributed by atoms with E-state index >= 15 is 0 Å². The van der Waals surface area contributed by atoms with Gasteiger partial charge >= 0.3 is 6.03 Å². The van der Waals surface area contributed by atoms with Crippen molar-refractivity contribution in [1.82, 2.24) is 10.6 Å². The number of urea groups is 1. The van der Waals surface area contributed by atoms with Crippen LogP contribution in [-0.2, 0) is 4.79 Å². The fourth-order valence-corrected chi connectivity index (χ4v) is 4.42. The Balaban J connectivity index is 1.48. The molecule has 1 heterocycles. The fraction of sp³-hybridized carbons (Fsp3) is 0.652. The second-order valence-electron chi connectivity index (χ2n) is 8.46. The molecule has 1 aliphatic heterocycles. The number of nitrogens with one attached hydrogen (secondary N) is 2. The van der Waals surface area contributed by atoms with E-state index < -0.39 is 0 Å². The Morgan fingerprint density at radius 3 is 2.10 bits per heavy atom. The number of nitrogens with zero attached hydrogens (tertiary/aromatic N) is 1. The number of halogens is 1. The van der Waals surface area contributed by atoms with Gasteiger partial charge in [-0.25, -0.2) is 9.18 Å². The first kappa shape index (κ1) is 21.6. The highest BCUT2D eigenvalue weighted by atomic mass is 19.1. The first-order valence-corrected chi connectivity index (χ1v) is 11.2.